The summed E-state index contributed by atoms with van der Waals surface area (Å²) in [6.45, 7) is 3.77. The molecule has 0 saturated carbocycles. The van der Waals surface area contributed by atoms with Crippen LogP contribution < -0.4 is 21.7 Å². The van der Waals surface area contributed by atoms with E-state index in [-0.39, 0.29) is 25.2 Å². The molecule has 0 bridgehead atoms. The summed E-state index contributed by atoms with van der Waals surface area (Å²) in [5.74, 6) is -4.51. The number of nitrogens with two attached hydrogens (primary N) is 1. The van der Waals surface area contributed by atoms with Gasteiger partial charge in [0.1, 0.15) is 18.1 Å². The summed E-state index contributed by atoms with van der Waals surface area (Å²) in [5, 5.41) is 28.7. The molecular weight excluding hydrogens is 592 g/mol. The van der Waals surface area contributed by atoms with Crippen molar-refractivity contribution in [3.8, 4) is 0 Å². The molecule has 13 heteroatoms. The third kappa shape index (κ3) is 8.72. The van der Waals surface area contributed by atoms with Gasteiger partial charge in [0.25, 0.3) is 0 Å². The summed E-state index contributed by atoms with van der Waals surface area (Å²) >= 11 is 0. The first-order chi connectivity index (χ1) is 21.9. The molecular formula is C33H40N6O7. The molecule has 0 saturated heterocycles. The van der Waals surface area contributed by atoms with E-state index < -0.39 is 60.2 Å². The minimum absolute atomic E-state index is 0.0204. The monoisotopic (exact) mass is 632 g/mol. The number of carboxylic acid groups (broad SMARTS) is 2. The third-order valence-electron chi connectivity index (χ3n) is 7.79. The van der Waals surface area contributed by atoms with Gasteiger partial charge >= 0.3 is 11.9 Å². The first-order valence-corrected chi connectivity index (χ1v) is 15.1. The zero-order valence-corrected chi connectivity index (χ0v) is 25.7. The number of carbonyl (C=O) groups is 5. The van der Waals surface area contributed by atoms with Crippen molar-refractivity contribution in [2.75, 3.05) is 0 Å². The fraction of sp³-hybridized carbons (Fsp3) is 0.364. The van der Waals surface area contributed by atoms with Crippen LogP contribution in [0.4, 0.5) is 0 Å². The van der Waals surface area contributed by atoms with Gasteiger partial charge in [-0.05, 0) is 42.0 Å². The van der Waals surface area contributed by atoms with Crippen molar-refractivity contribution in [2.45, 2.75) is 70.1 Å². The summed E-state index contributed by atoms with van der Waals surface area (Å²) in [7, 11) is 0. The topological polar surface area (TPSA) is 219 Å². The van der Waals surface area contributed by atoms with Gasteiger partial charge in [-0.2, -0.15) is 0 Å². The number of hydrogen-bond acceptors (Lipinski definition) is 6. The first kappa shape index (κ1) is 33.7. The minimum Gasteiger partial charge on any atom is -0.481 e. The van der Waals surface area contributed by atoms with E-state index in [1.807, 2.05) is 62.4 Å². The second-order valence-electron chi connectivity index (χ2n) is 11.8. The molecule has 0 spiro atoms. The molecule has 46 heavy (non-hydrogen) atoms. The Balaban J connectivity index is 1.59. The van der Waals surface area contributed by atoms with Crippen LogP contribution in [0.2, 0.25) is 0 Å². The molecule has 0 aliphatic rings. The maximum absolute atomic E-state index is 13.8. The number of para-hydroxylation sites is 2. The first-order valence-electron chi connectivity index (χ1n) is 15.1. The Hall–Kier alpha value is -5.17. The van der Waals surface area contributed by atoms with E-state index in [0.717, 1.165) is 21.8 Å². The summed E-state index contributed by atoms with van der Waals surface area (Å²) in [6, 6.07) is 9.92. The summed E-state index contributed by atoms with van der Waals surface area (Å²) in [4.78, 5) is 70.1. The molecule has 2 heterocycles. The van der Waals surface area contributed by atoms with Crippen molar-refractivity contribution >= 4 is 51.5 Å². The van der Waals surface area contributed by atoms with Gasteiger partial charge in [-0.1, -0.05) is 50.2 Å². The molecule has 4 atom stereocenters. The summed E-state index contributed by atoms with van der Waals surface area (Å²) < 4.78 is 0. The zero-order chi connectivity index (χ0) is 33.4. The van der Waals surface area contributed by atoms with E-state index in [0.29, 0.717) is 17.5 Å². The van der Waals surface area contributed by atoms with Gasteiger partial charge in [-0.25, -0.2) is 4.79 Å². The van der Waals surface area contributed by atoms with Crippen LogP contribution in [0.1, 0.15) is 44.2 Å². The number of hydrogen-bond donors (Lipinski definition) is 8. The lowest BCUT2D eigenvalue weighted by Gasteiger charge is -2.25. The van der Waals surface area contributed by atoms with Crippen molar-refractivity contribution in [3.63, 3.8) is 0 Å². The average Bonchev–Trinajstić information content (AvgIpc) is 3.61. The van der Waals surface area contributed by atoms with Crippen LogP contribution >= 0.6 is 0 Å². The lowest BCUT2D eigenvalue weighted by atomic mass is 10.0. The van der Waals surface area contributed by atoms with Crippen LogP contribution in [0.15, 0.2) is 60.9 Å². The number of H-pyrrole nitrogens is 2. The van der Waals surface area contributed by atoms with Crippen molar-refractivity contribution in [3.05, 3.63) is 72.1 Å². The van der Waals surface area contributed by atoms with Crippen molar-refractivity contribution in [2.24, 2.45) is 11.7 Å². The number of aromatic amines is 2. The van der Waals surface area contributed by atoms with Crippen LogP contribution in [0, 0.1) is 5.92 Å². The van der Waals surface area contributed by atoms with Crippen LogP contribution in [-0.2, 0) is 36.8 Å². The van der Waals surface area contributed by atoms with E-state index >= 15 is 0 Å². The van der Waals surface area contributed by atoms with Crippen LogP contribution in [0.25, 0.3) is 21.8 Å². The normalized spacial score (nSPS) is 14.0. The maximum atomic E-state index is 13.8. The highest BCUT2D eigenvalue weighted by Gasteiger charge is 2.32. The van der Waals surface area contributed by atoms with Gasteiger partial charge < -0.3 is 41.9 Å². The SMILES string of the molecule is CC(C)CC(N)C(=O)NC(CCC(=O)O)C(=O)NC(Cc1c[nH]c2ccccc12)C(=O)NC(Cc1c[nH]c2ccccc12)C(=O)O. The molecule has 0 radical (unpaired) electrons. The number of carbonyl (C=O) groups excluding carboxylic acids is 3. The van der Waals surface area contributed by atoms with E-state index in [1.54, 1.807) is 12.4 Å². The van der Waals surface area contributed by atoms with Crippen LogP contribution in [-0.4, -0.2) is 74.0 Å². The van der Waals surface area contributed by atoms with Gasteiger partial charge in [0, 0.05) is 53.5 Å². The lowest BCUT2D eigenvalue weighted by Crippen LogP contribution is -2.58. The summed E-state index contributed by atoms with van der Waals surface area (Å²) in [6.07, 6.45) is 3.02. The molecule has 4 aromatic rings. The van der Waals surface area contributed by atoms with E-state index in [9.17, 15) is 34.2 Å². The largest absolute Gasteiger partial charge is 0.481 e. The number of benzene rings is 2. The number of aliphatic carboxylic acids is 2. The van der Waals surface area contributed by atoms with E-state index in [1.165, 1.54) is 0 Å². The molecule has 9 N–H and O–H groups in total. The minimum atomic E-state index is -1.33. The second-order valence-corrected chi connectivity index (χ2v) is 11.8. The number of rotatable bonds is 16. The molecule has 4 rings (SSSR count). The molecule has 2 aromatic heterocycles. The molecule has 244 valence electrons. The molecule has 4 unspecified atom stereocenters. The highest BCUT2D eigenvalue weighted by atomic mass is 16.4. The molecule has 13 nitrogen and oxygen atoms in total. The van der Waals surface area contributed by atoms with Gasteiger partial charge in [0.05, 0.1) is 6.04 Å². The number of nitrogens with one attached hydrogen (secondary N) is 5. The van der Waals surface area contributed by atoms with E-state index in [2.05, 4.69) is 25.9 Å². The second kappa shape index (κ2) is 15.2. The smallest absolute Gasteiger partial charge is 0.326 e. The lowest BCUT2D eigenvalue weighted by molar-refractivity contribution is -0.142. The molecule has 2 aromatic carbocycles. The predicted octanol–water partition coefficient (Wildman–Crippen LogP) is 2.21. The Morgan fingerprint density at radius 2 is 1.20 bits per heavy atom. The Kier molecular flexibility index (Phi) is 11.2. The zero-order valence-electron chi connectivity index (χ0n) is 25.7. The molecule has 0 fully saturated rings. The standard InChI is InChI=1S/C33H40N6O7/c1-18(2)13-23(34)30(42)37-26(11-12-29(40)41)31(43)38-27(14-19-16-35-24-9-5-3-7-21(19)24)32(44)39-28(33(45)46)15-20-17-36-25-10-6-4-8-22(20)25/h3-10,16-18,23,26-28,35-36H,11-15,34H2,1-2H3,(H,37,42)(H,38,43)(H,39,44)(H,40,41)(H,45,46). The Labute approximate surface area is 265 Å². The number of carboxylic acids is 2. The van der Waals surface area contributed by atoms with Crippen molar-refractivity contribution < 1.29 is 34.2 Å². The third-order valence-corrected chi connectivity index (χ3v) is 7.79. The summed E-state index contributed by atoms with van der Waals surface area (Å²) in [5.41, 5.74) is 9.00. The number of fused-ring (bicyclic) bond motifs is 2. The number of aromatic nitrogens is 2. The Morgan fingerprint density at radius 1 is 0.717 bits per heavy atom. The molecule has 0 aliphatic heterocycles. The van der Waals surface area contributed by atoms with Gasteiger partial charge in [-0.3, -0.25) is 19.2 Å². The van der Waals surface area contributed by atoms with Gasteiger partial charge in [-0.15, -0.1) is 0 Å². The number of amides is 3. The molecule has 3 amide bonds. The maximum Gasteiger partial charge on any atom is 0.326 e. The Bertz CT molecular complexity index is 1710. The van der Waals surface area contributed by atoms with Gasteiger partial charge in [0.2, 0.25) is 17.7 Å². The molecule has 0 aliphatic carbocycles. The van der Waals surface area contributed by atoms with Crippen LogP contribution in [0.5, 0.6) is 0 Å². The predicted molar refractivity (Wildman–Crippen MR) is 172 cm³/mol. The van der Waals surface area contributed by atoms with Crippen molar-refractivity contribution in [1.82, 2.24) is 25.9 Å². The Morgan fingerprint density at radius 3 is 1.72 bits per heavy atom. The van der Waals surface area contributed by atoms with E-state index in [4.69, 9.17) is 5.73 Å². The highest BCUT2D eigenvalue weighted by molar-refractivity contribution is 5.95. The quantitative estimate of drug-likeness (QED) is 0.0913. The van der Waals surface area contributed by atoms with Crippen LogP contribution in [0.3, 0.4) is 0 Å². The fourth-order valence-electron chi connectivity index (χ4n) is 5.43. The van der Waals surface area contributed by atoms with Crippen molar-refractivity contribution in [1.29, 1.82) is 0 Å². The van der Waals surface area contributed by atoms with Gasteiger partial charge in [0.15, 0.2) is 0 Å². The average molecular weight is 633 g/mol. The highest BCUT2D eigenvalue weighted by Crippen LogP contribution is 2.21. The fourth-order valence-corrected chi connectivity index (χ4v) is 5.43.